The van der Waals surface area contributed by atoms with E-state index in [0.717, 1.165) is 18.4 Å². The van der Waals surface area contributed by atoms with Gasteiger partial charge in [0.2, 0.25) is 10.0 Å². The summed E-state index contributed by atoms with van der Waals surface area (Å²) < 4.78 is 25.6. The molecule has 0 aliphatic heterocycles. The summed E-state index contributed by atoms with van der Waals surface area (Å²) in [7, 11) is -1.84. The van der Waals surface area contributed by atoms with Crippen molar-refractivity contribution in [2.24, 2.45) is 0 Å². The molecule has 0 unspecified atom stereocenters. The first kappa shape index (κ1) is 9.68. The highest BCUT2D eigenvalue weighted by molar-refractivity contribution is 7.89. The predicted octanol–water partition coefficient (Wildman–Crippen LogP) is 1.47. The molecular formula is C10H13NO2S. The quantitative estimate of drug-likeness (QED) is 0.823. The zero-order valence-corrected chi connectivity index (χ0v) is 8.84. The Balaban J connectivity index is 2.51. The van der Waals surface area contributed by atoms with Gasteiger partial charge >= 0.3 is 0 Å². The van der Waals surface area contributed by atoms with Crippen LogP contribution in [0.1, 0.15) is 24.3 Å². The molecule has 2 rings (SSSR count). The number of sulfonamides is 1. The molecule has 1 aromatic rings. The summed E-state index contributed by atoms with van der Waals surface area (Å²) in [6.07, 6.45) is 2.21. The molecule has 0 spiro atoms. The molecule has 1 aromatic carbocycles. The Morgan fingerprint density at radius 1 is 1.29 bits per heavy atom. The van der Waals surface area contributed by atoms with E-state index in [9.17, 15) is 8.42 Å². The van der Waals surface area contributed by atoms with Crippen molar-refractivity contribution >= 4 is 10.0 Å². The van der Waals surface area contributed by atoms with E-state index in [4.69, 9.17) is 0 Å². The summed E-state index contributed by atoms with van der Waals surface area (Å²) >= 11 is 0. The van der Waals surface area contributed by atoms with Crippen LogP contribution in [0.4, 0.5) is 0 Å². The van der Waals surface area contributed by atoms with Gasteiger partial charge in [0.25, 0.3) is 0 Å². The van der Waals surface area contributed by atoms with E-state index in [-0.39, 0.29) is 0 Å². The summed E-state index contributed by atoms with van der Waals surface area (Å²) in [5.74, 6) is 0.453. The van der Waals surface area contributed by atoms with E-state index in [2.05, 4.69) is 4.72 Å². The predicted molar refractivity (Wildman–Crippen MR) is 54.7 cm³/mol. The Hall–Kier alpha value is -0.870. The van der Waals surface area contributed by atoms with Crippen LogP contribution in [-0.4, -0.2) is 15.5 Å². The second-order valence-corrected chi connectivity index (χ2v) is 5.37. The number of benzene rings is 1. The smallest absolute Gasteiger partial charge is 0.214 e. The van der Waals surface area contributed by atoms with Crippen molar-refractivity contribution in [1.82, 2.24) is 4.72 Å². The normalized spacial score (nSPS) is 16.9. The van der Waals surface area contributed by atoms with Crippen LogP contribution in [0.3, 0.4) is 0 Å². The maximum absolute atomic E-state index is 11.6. The molecule has 0 amide bonds. The number of rotatable bonds is 3. The third-order valence-electron chi connectivity index (χ3n) is 2.49. The van der Waals surface area contributed by atoms with E-state index in [1.54, 1.807) is 12.1 Å². The first-order valence-corrected chi connectivity index (χ1v) is 6.16. The van der Waals surface area contributed by atoms with Crippen LogP contribution in [0, 0.1) is 0 Å². The van der Waals surface area contributed by atoms with Gasteiger partial charge in [-0.15, -0.1) is 0 Å². The van der Waals surface area contributed by atoms with Crippen LogP contribution < -0.4 is 4.72 Å². The minimum Gasteiger partial charge on any atom is -0.214 e. The summed E-state index contributed by atoms with van der Waals surface area (Å²) in [4.78, 5) is 0.435. The number of hydrogen-bond donors (Lipinski definition) is 1. The minimum absolute atomic E-state index is 0.435. The zero-order valence-electron chi connectivity index (χ0n) is 8.03. The summed E-state index contributed by atoms with van der Waals surface area (Å²) in [5, 5.41) is 0. The van der Waals surface area contributed by atoms with E-state index < -0.39 is 10.0 Å². The first-order chi connectivity index (χ1) is 6.65. The van der Waals surface area contributed by atoms with Crippen LogP contribution >= 0.6 is 0 Å². The Kier molecular flexibility index (Phi) is 2.33. The summed E-state index contributed by atoms with van der Waals surface area (Å²) in [6, 6.07) is 7.22. The van der Waals surface area contributed by atoms with Gasteiger partial charge in [-0.25, -0.2) is 13.1 Å². The van der Waals surface area contributed by atoms with Gasteiger partial charge < -0.3 is 0 Å². The monoisotopic (exact) mass is 211 g/mol. The SMILES string of the molecule is CNS(=O)(=O)c1ccccc1C1CC1. The van der Waals surface area contributed by atoms with E-state index in [0.29, 0.717) is 10.8 Å². The van der Waals surface area contributed by atoms with Gasteiger partial charge in [0.1, 0.15) is 0 Å². The van der Waals surface area contributed by atoms with Crippen molar-refractivity contribution < 1.29 is 8.42 Å². The van der Waals surface area contributed by atoms with Gasteiger partial charge in [0.05, 0.1) is 4.90 Å². The molecule has 1 saturated carbocycles. The maximum Gasteiger partial charge on any atom is 0.240 e. The van der Waals surface area contributed by atoms with Crippen molar-refractivity contribution in [2.45, 2.75) is 23.7 Å². The number of nitrogens with one attached hydrogen (secondary N) is 1. The van der Waals surface area contributed by atoms with Crippen LogP contribution in [0.5, 0.6) is 0 Å². The van der Waals surface area contributed by atoms with Crippen molar-refractivity contribution in [3.8, 4) is 0 Å². The fourth-order valence-corrected chi connectivity index (χ4v) is 2.59. The highest BCUT2D eigenvalue weighted by Gasteiger charge is 2.29. The van der Waals surface area contributed by atoms with Crippen molar-refractivity contribution in [2.75, 3.05) is 7.05 Å². The third-order valence-corrected chi connectivity index (χ3v) is 3.98. The topological polar surface area (TPSA) is 46.2 Å². The second kappa shape index (κ2) is 3.37. The molecule has 0 saturated heterocycles. The van der Waals surface area contributed by atoms with Crippen molar-refractivity contribution in [3.63, 3.8) is 0 Å². The van der Waals surface area contributed by atoms with Crippen LogP contribution in [0.2, 0.25) is 0 Å². The molecule has 1 fully saturated rings. The molecule has 3 nitrogen and oxygen atoms in total. The lowest BCUT2D eigenvalue weighted by Crippen LogP contribution is -2.19. The minimum atomic E-state index is -3.28. The molecule has 1 aliphatic rings. The Bertz CT molecular complexity index is 435. The molecule has 76 valence electrons. The lowest BCUT2D eigenvalue weighted by atomic mass is 10.1. The largest absolute Gasteiger partial charge is 0.240 e. The van der Waals surface area contributed by atoms with Crippen LogP contribution in [-0.2, 0) is 10.0 Å². The molecule has 0 radical (unpaired) electrons. The molecule has 14 heavy (non-hydrogen) atoms. The van der Waals surface area contributed by atoms with Crippen LogP contribution in [0.15, 0.2) is 29.2 Å². The van der Waals surface area contributed by atoms with Crippen LogP contribution in [0.25, 0.3) is 0 Å². The average molecular weight is 211 g/mol. The van der Waals surface area contributed by atoms with E-state index >= 15 is 0 Å². The van der Waals surface area contributed by atoms with Gasteiger partial charge in [0, 0.05) is 0 Å². The van der Waals surface area contributed by atoms with Gasteiger partial charge in [-0.2, -0.15) is 0 Å². The molecular weight excluding hydrogens is 198 g/mol. The third kappa shape index (κ3) is 1.67. The summed E-state index contributed by atoms with van der Waals surface area (Å²) in [6.45, 7) is 0. The van der Waals surface area contributed by atoms with Gasteiger partial charge in [-0.3, -0.25) is 0 Å². The van der Waals surface area contributed by atoms with Gasteiger partial charge in [-0.1, -0.05) is 18.2 Å². The van der Waals surface area contributed by atoms with Crippen molar-refractivity contribution in [3.05, 3.63) is 29.8 Å². The fraction of sp³-hybridized carbons (Fsp3) is 0.400. The molecule has 0 atom stereocenters. The lowest BCUT2D eigenvalue weighted by Gasteiger charge is -2.07. The Morgan fingerprint density at radius 2 is 1.93 bits per heavy atom. The molecule has 4 heteroatoms. The molecule has 0 heterocycles. The Morgan fingerprint density at radius 3 is 2.50 bits per heavy atom. The highest BCUT2D eigenvalue weighted by atomic mass is 32.2. The summed E-state index contributed by atoms with van der Waals surface area (Å²) in [5.41, 5.74) is 0.960. The lowest BCUT2D eigenvalue weighted by molar-refractivity contribution is 0.587. The van der Waals surface area contributed by atoms with E-state index in [1.807, 2.05) is 12.1 Å². The average Bonchev–Trinajstić information content (AvgIpc) is 3.01. The van der Waals surface area contributed by atoms with Crippen molar-refractivity contribution in [1.29, 1.82) is 0 Å². The number of hydrogen-bond acceptors (Lipinski definition) is 2. The van der Waals surface area contributed by atoms with Gasteiger partial charge in [0.15, 0.2) is 0 Å². The van der Waals surface area contributed by atoms with Gasteiger partial charge in [-0.05, 0) is 37.4 Å². The standard InChI is InChI=1S/C10H13NO2S/c1-11-14(12,13)10-5-3-2-4-9(10)8-6-7-8/h2-5,8,11H,6-7H2,1H3. The first-order valence-electron chi connectivity index (χ1n) is 4.67. The molecule has 0 bridgehead atoms. The maximum atomic E-state index is 11.6. The zero-order chi connectivity index (χ0) is 10.2. The molecule has 1 aliphatic carbocycles. The second-order valence-electron chi connectivity index (χ2n) is 3.52. The Labute approximate surface area is 84.2 Å². The fourth-order valence-electron chi connectivity index (χ4n) is 1.57. The highest BCUT2D eigenvalue weighted by Crippen LogP contribution is 2.42. The molecule has 1 N–H and O–H groups in total. The molecule has 0 aromatic heterocycles. The van der Waals surface area contributed by atoms with E-state index in [1.165, 1.54) is 7.05 Å².